The molecule has 0 radical (unpaired) electrons. The minimum atomic E-state index is 0.0256. The first-order valence-corrected chi connectivity index (χ1v) is 9.81. The number of hydrogen-bond acceptors (Lipinski definition) is 3. The lowest BCUT2D eigenvalue weighted by Gasteiger charge is -2.25. The molecule has 27 heavy (non-hydrogen) atoms. The van der Waals surface area contributed by atoms with Gasteiger partial charge in [-0.1, -0.05) is 29.6 Å². The normalized spacial score (nSPS) is 15.2. The molecule has 140 valence electrons. The van der Waals surface area contributed by atoms with Crippen LogP contribution in [0.3, 0.4) is 0 Å². The third kappa shape index (κ3) is 4.26. The van der Waals surface area contributed by atoms with Gasteiger partial charge in [0, 0.05) is 11.3 Å². The van der Waals surface area contributed by atoms with Gasteiger partial charge in [-0.15, -0.1) is 0 Å². The van der Waals surface area contributed by atoms with Gasteiger partial charge in [-0.3, -0.25) is 9.69 Å². The molecule has 0 unspecified atom stereocenters. The highest BCUT2D eigenvalue weighted by Gasteiger charge is 2.14. The van der Waals surface area contributed by atoms with E-state index in [1.807, 2.05) is 24.3 Å². The molecule has 1 aliphatic rings. The second kappa shape index (κ2) is 7.89. The Bertz CT molecular complexity index is 923. The van der Waals surface area contributed by atoms with E-state index < -0.39 is 0 Å². The van der Waals surface area contributed by atoms with E-state index in [0.717, 1.165) is 41.2 Å². The van der Waals surface area contributed by atoms with Crippen LogP contribution in [0.15, 0.2) is 36.4 Å². The van der Waals surface area contributed by atoms with Crippen LogP contribution in [0.5, 0.6) is 0 Å². The number of aromatic nitrogens is 2. The Morgan fingerprint density at radius 3 is 2.52 bits per heavy atom. The third-order valence-electron chi connectivity index (χ3n) is 4.78. The minimum absolute atomic E-state index is 0.0256. The Morgan fingerprint density at radius 1 is 1.07 bits per heavy atom. The Morgan fingerprint density at radius 2 is 1.78 bits per heavy atom. The van der Waals surface area contributed by atoms with E-state index in [1.165, 1.54) is 19.3 Å². The first kappa shape index (κ1) is 18.3. The number of anilines is 1. The first-order chi connectivity index (χ1) is 13.1. The standard InChI is InChI=1S/C20H20Cl2N4O/c21-15-10-17-18(11-16(15)22)25-20(24-17)13-4-6-14(7-5-13)23-19(27)12-26-8-2-1-3-9-26/h4-7,10-11H,1-3,8-9,12H2,(H,23,27)(H,24,25). The highest BCUT2D eigenvalue weighted by atomic mass is 35.5. The second-order valence-electron chi connectivity index (χ2n) is 6.83. The molecule has 0 spiro atoms. The molecule has 0 aliphatic carbocycles. The molecule has 0 atom stereocenters. The van der Waals surface area contributed by atoms with Crippen LogP contribution in [-0.4, -0.2) is 40.4 Å². The number of H-pyrrole nitrogens is 1. The fraction of sp³-hybridized carbons (Fsp3) is 0.300. The lowest BCUT2D eigenvalue weighted by molar-refractivity contribution is -0.117. The summed E-state index contributed by atoms with van der Waals surface area (Å²) in [5.74, 6) is 0.757. The number of nitrogens with one attached hydrogen (secondary N) is 2. The number of amides is 1. The van der Waals surface area contributed by atoms with Crippen molar-refractivity contribution in [2.45, 2.75) is 19.3 Å². The quantitative estimate of drug-likeness (QED) is 0.647. The molecule has 5 nitrogen and oxygen atoms in total. The highest BCUT2D eigenvalue weighted by Crippen LogP contribution is 2.29. The molecule has 0 bridgehead atoms. The van der Waals surface area contributed by atoms with Gasteiger partial charge in [-0.2, -0.15) is 0 Å². The lowest BCUT2D eigenvalue weighted by atomic mass is 10.1. The molecule has 2 heterocycles. The van der Waals surface area contributed by atoms with Crippen molar-refractivity contribution >= 4 is 45.8 Å². The van der Waals surface area contributed by atoms with Gasteiger partial charge in [0.05, 0.1) is 27.6 Å². The summed E-state index contributed by atoms with van der Waals surface area (Å²) in [7, 11) is 0. The molecule has 1 saturated heterocycles. The number of nitrogens with zero attached hydrogens (tertiary/aromatic N) is 2. The van der Waals surface area contributed by atoms with Gasteiger partial charge in [0.2, 0.25) is 5.91 Å². The largest absolute Gasteiger partial charge is 0.338 e. The topological polar surface area (TPSA) is 61.0 Å². The number of carbonyl (C=O) groups excluding carboxylic acids is 1. The number of benzene rings is 2. The number of fused-ring (bicyclic) bond motifs is 1. The van der Waals surface area contributed by atoms with E-state index >= 15 is 0 Å². The zero-order valence-corrected chi connectivity index (χ0v) is 16.3. The molecule has 2 N–H and O–H groups in total. The fourth-order valence-corrected chi connectivity index (χ4v) is 3.70. The van der Waals surface area contributed by atoms with E-state index in [4.69, 9.17) is 23.2 Å². The maximum absolute atomic E-state index is 12.2. The number of piperidine rings is 1. The second-order valence-corrected chi connectivity index (χ2v) is 7.65. The third-order valence-corrected chi connectivity index (χ3v) is 5.50. The molecule has 0 saturated carbocycles. The summed E-state index contributed by atoms with van der Waals surface area (Å²) in [5.41, 5.74) is 3.30. The molecule has 3 aromatic rings. The van der Waals surface area contributed by atoms with Gasteiger partial charge in [-0.25, -0.2) is 4.98 Å². The van der Waals surface area contributed by atoms with Crippen molar-refractivity contribution in [3.63, 3.8) is 0 Å². The van der Waals surface area contributed by atoms with Crippen molar-refractivity contribution in [3.8, 4) is 11.4 Å². The number of imidazole rings is 1. The number of aromatic amines is 1. The summed E-state index contributed by atoms with van der Waals surface area (Å²) in [4.78, 5) is 22.2. The summed E-state index contributed by atoms with van der Waals surface area (Å²) in [6.07, 6.45) is 3.62. The van der Waals surface area contributed by atoms with Crippen LogP contribution in [0.2, 0.25) is 10.0 Å². The van der Waals surface area contributed by atoms with E-state index in [0.29, 0.717) is 16.6 Å². The van der Waals surface area contributed by atoms with Crippen LogP contribution < -0.4 is 5.32 Å². The van der Waals surface area contributed by atoms with Gasteiger partial charge in [0.25, 0.3) is 0 Å². The number of likely N-dealkylation sites (tertiary alicyclic amines) is 1. The van der Waals surface area contributed by atoms with E-state index in [9.17, 15) is 4.79 Å². The highest BCUT2D eigenvalue weighted by molar-refractivity contribution is 6.42. The van der Waals surface area contributed by atoms with Crippen LogP contribution in [0.1, 0.15) is 19.3 Å². The van der Waals surface area contributed by atoms with Crippen molar-refractivity contribution in [1.82, 2.24) is 14.9 Å². The van der Waals surface area contributed by atoms with Crippen molar-refractivity contribution in [2.24, 2.45) is 0 Å². The van der Waals surface area contributed by atoms with E-state index in [1.54, 1.807) is 12.1 Å². The van der Waals surface area contributed by atoms with Gasteiger partial charge in [0.1, 0.15) is 5.82 Å². The molecule has 1 aliphatic heterocycles. The van der Waals surface area contributed by atoms with Crippen molar-refractivity contribution in [1.29, 1.82) is 0 Å². The molecular weight excluding hydrogens is 383 g/mol. The van der Waals surface area contributed by atoms with Gasteiger partial charge < -0.3 is 10.3 Å². The van der Waals surface area contributed by atoms with Crippen LogP contribution in [-0.2, 0) is 4.79 Å². The fourth-order valence-electron chi connectivity index (χ4n) is 3.37. The van der Waals surface area contributed by atoms with Gasteiger partial charge in [-0.05, 0) is 62.3 Å². The van der Waals surface area contributed by atoms with Crippen LogP contribution in [0, 0.1) is 0 Å². The zero-order chi connectivity index (χ0) is 18.8. The number of carbonyl (C=O) groups is 1. The van der Waals surface area contributed by atoms with Gasteiger partial charge in [0.15, 0.2) is 0 Å². The van der Waals surface area contributed by atoms with Crippen LogP contribution in [0.4, 0.5) is 5.69 Å². The first-order valence-electron chi connectivity index (χ1n) is 9.06. The van der Waals surface area contributed by atoms with E-state index in [2.05, 4.69) is 20.2 Å². The number of hydrogen-bond donors (Lipinski definition) is 2. The number of halogens is 2. The summed E-state index contributed by atoms with van der Waals surface area (Å²) in [6, 6.07) is 11.1. The van der Waals surface area contributed by atoms with Gasteiger partial charge >= 0.3 is 0 Å². The Balaban J connectivity index is 1.44. The summed E-state index contributed by atoms with van der Waals surface area (Å²) in [6.45, 7) is 2.46. The summed E-state index contributed by atoms with van der Waals surface area (Å²) < 4.78 is 0. The molecule has 4 rings (SSSR count). The molecule has 7 heteroatoms. The van der Waals surface area contributed by atoms with Crippen molar-refractivity contribution in [2.75, 3.05) is 25.0 Å². The molecular formula is C20H20Cl2N4O. The predicted molar refractivity (Wildman–Crippen MR) is 110 cm³/mol. The van der Waals surface area contributed by atoms with Crippen molar-refractivity contribution < 1.29 is 4.79 Å². The maximum atomic E-state index is 12.2. The Labute approximate surface area is 167 Å². The van der Waals surface area contributed by atoms with Crippen LogP contribution >= 0.6 is 23.2 Å². The minimum Gasteiger partial charge on any atom is -0.338 e. The SMILES string of the molecule is O=C(CN1CCCCC1)Nc1ccc(-c2nc3cc(Cl)c(Cl)cc3[nH]2)cc1. The maximum Gasteiger partial charge on any atom is 0.238 e. The summed E-state index contributed by atoms with van der Waals surface area (Å²) in [5, 5.41) is 3.94. The summed E-state index contributed by atoms with van der Waals surface area (Å²) >= 11 is 12.1. The zero-order valence-electron chi connectivity index (χ0n) is 14.8. The van der Waals surface area contributed by atoms with Crippen molar-refractivity contribution in [3.05, 3.63) is 46.4 Å². The average molecular weight is 403 g/mol. The predicted octanol–water partition coefficient (Wildman–Crippen LogP) is 4.96. The smallest absolute Gasteiger partial charge is 0.238 e. The average Bonchev–Trinajstić information content (AvgIpc) is 3.06. The Kier molecular flexibility index (Phi) is 5.34. The monoisotopic (exact) mass is 402 g/mol. The van der Waals surface area contributed by atoms with E-state index in [-0.39, 0.29) is 5.91 Å². The number of rotatable bonds is 4. The molecule has 2 aromatic carbocycles. The lowest BCUT2D eigenvalue weighted by Crippen LogP contribution is -2.36. The molecule has 1 amide bonds. The molecule has 1 fully saturated rings. The molecule has 1 aromatic heterocycles. The van der Waals surface area contributed by atoms with Crippen LogP contribution in [0.25, 0.3) is 22.4 Å². The Hall–Kier alpha value is -2.08.